The molecule has 0 nitrogen and oxygen atoms in total. The molecule has 0 aliphatic carbocycles. The molecule has 0 spiro atoms. The summed E-state index contributed by atoms with van der Waals surface area (Å²) in [6.45, 7) is 33.7. The van der Waals surface area contributed by atoms with Gasteiger partial charge in [-0.2, -0.15) is 23.7 Å². The summed E-state index contributed by atoms with van der Waals surface area (Å²) in [6.07, 6.45) is 20.8. The summed E-state index contributed by atoms with van der Waals surface area (Å²) in [5, 5.41) is 0. The first-order valence-electron chi connectivity index (χ1n) is 14.6. The molecule has 1 heteroatoms. The van der Waals surface area contributed by atoms with Gasteiger partial charge in [0.25, 0.3) is 0 Å². The van der Waals surface area contributed by atoms with Gasteiger partial charge in [0.15, 0.2) is 0 Å². The van der Waals surface area contributed by atoms with E-state index in [9.17, 15) is 0 Å². The Hall–Kier alpha value is 0.883. The largest absolute Gasteiger partial charge is 4.00 e. The van der Waals surface area contributed by atoms with Crippen LogP contribution in [0.5, 0.6) is 0 Å². The zero-order valence-electron chi connectivity index (χ0n) is 25.0. The van der Waals surface area contributed by atoms with Crippen LogP contribution < -0.4 is 0 Å². The Bertz CT molecular complexity index is 220. The molecular weight excluding hydrogens is 476 g/mol. The van der Waals surface area contributed by atoms with Crippen molar-refractivity contribution in [3.05, 3.63) is 27.7 Å². The molecule has 0 aromatic carbocycles. The van der Waals surface area contributed by atoms with Crippen LogP contribution >= 0.6 is 0 Å². The average molecular weight is 544 g/mol. The van der Waals surface area contributed by atoms with Crippen LogP contribution in [0.15, 0.2) is 0 Å². The fraction of sp³-hybridized carbons (Fsp3) is 0.875. The van der Waals surface area contributed by atoms with E-state index in [1.54, 1.807) is 0 Å². The minimum Gasteiger partial charge on any atom is -0.340 e. The van der Waals surface area contributed by atoms with E-state index < -0.39 is 0 Å². The van der Waals surface area contributed by atoms with Gasteiger partial charge in [0, 0.05) is 0 Å². The molecule has 0 heterocycles. The molecule has 33 heavy (non-hydrogen) atoms. The summed E-state index contributed by atoms with van der Waals surface area (Å²) in [4.78, 5) is 0. The van der Waals surface area contributed by atoms with E-state index >= 15 is 0 Å². The van der Waals surface area contributed by atoms with Crippen LogP contribution in [-0.2, 0) is 26.2 Å². The quantitative estimate of drug-likeness (QED) is 0.170. The van der Waals surface area contributed by atoms with Gasteiger partial charge in [-0.3, -0.25) is 0 Å². The van der Waals surface area contributed by atoms with E-state index in [1.165, 1.54) is 103 Å². The zero-order chi connectivity index (χ0) is 25.6. The molecule has 200 valence electrons. The Labute approximate surface area is 234 Å². The molecule has 0 aliphatic rings. The molecule has 0 amide bonds. The second-order valence-electron chi connectivity index (χ2n) is 9.67. The summed E-state index contributed by atoms with van der Waals surface area (Å²) in [5.41, 5.74) is 0. The molecule has 0 rings (SSSR count). The smallest absolute Gasteiger partial charge is 0.340 e. The van der Waals surface area contributed by atoms with Crippen molar-refractivity contribution in [1.29, 1.82) is 0 Å². The third-order valence-electron chi connectivity index (χ3n) is 6.17. The predicted octanol–water partition coefficient (Wildman–Crippen LogP) is 12.1. The molecule has 0 aliphatic heterocycles. The SMILES string of the molecule is [CH2-]C(CC)CCCC.[CH2-]C(CC)CCCC.[CH2-]C(CC)CCCC.[CH2-]C(CC)CCCC.[Zr+4]. The average Bonchev–Trinajstić information content (AvgIpc) is 2.83. The Morgan fingerprint density at radius 1 is 0.364 bits per heavy atom. The fourth-order valence-electron chi connectivity index (χ4n) is 2.79. The van der Waals surface area contributed by atoms with Gasteiger partial charge >= 0.3 is 26.2 Å². The summed E-state index contributed by atoms with van der Waals surface area (Å²) >= 11 is 0. The van der Waals surface area contributed by atoms with Gasteiger partial charge in [-0.1, -0.05) is 158 Å². The van der Waals surface area contributed by atoms with Crippen LogP contribution in [0.25, 0.3) is 0 Å². The van der Waals surface area contributed by atoms with Crippen molar-refractivity contribution >= 4 is 0 Å². The normalized spacial score (nSPS) is 13.5. The van der Waals surface area contributed by atoms with E-state index in [2.05, 4.69) is 83.1 Å². The molecule has 0 fully saturated rings. The van der Waals surface area contributed by atoms with E-state index in [0.717, 1.165) is 0 Å². The molecule has 4 unspecified atom stereocenters. The Morgan fingerprint density at radius 2 is 0.515 bits per heavy atom. The van der Waals surface area contributed by atoms with Gasteiger partial charge in [-0.15, -0.1) is 0 Å². The van der Waals surface area contributed by atoms with Crippen LogP contribution in [-0.4, -0.2) is 0 Å². The Kier molecular flexibility index (Phi) is 53.3. The summed E-state index contributed by atoms with van der Waals surface area (Å²) < 4.78 is 0. The van der Waals surface area contributed by atoms with Crippen molar-refractivity contribution in [2.45, 2.75) is 158 Å². The second kappa shape index (κ2) is 40.1. The Morgan fingerprint density at radius 3 is 0.606 bits per heavy atom. The number of hydrogen-bond acceptors (Lipinski definition) is 0. The van der Waals surface area contributed by atoms with Gasteiger partial charge in [0.05, 0.1) is 0 Å². The van der Waals surface area contributed by atoms with E-state index in [4.69, 9.17) is 0 Å². The first-order valence-corrected chi connectivity index (χ1v) is 14.6. The molecule has 0 radical (unpaired) electrons. The number of hydrogen-bond donors (Lipinski definition) is 0. The van der Waals surface area contributed by atoms with Gasteiger partial charge in [-0.25, -0.2) is 0 Å². The standard InChI is InChI=1S/4C8H17.Zr/c4*1-4-6-7-8(3)5-2;/h4*8H,3-7H2,1-2H3;/q4*-1;+4. The molecule has 0 aromatic heterocycles. The Balaban J connectivity index is -0.000000105. The maximum Gasteiger partial charge on any atom is 4.00 e. The van der Waals surface area contributed by atoms with Gasteiger partial charge in [-0.05, 0) is 0 Å². The van der Waals surface area contributed by atoms with E-state index in [1.807, 2.05) is 0 Å². The zero-order valence-corrected chi connectivity index (χ0v) is 27.4. The topological polar surface area (TPSA) is 0 Å². The van der Waals surface area contributed by atoms with Crippen molar-refractivity contribution in [2.75, 3.05) is 0 Å². The van der Waals surface area contributed by atoms with Crippen LogP contribution in [0.1, 0.15) is 158 Å². The maximum atomic E-state index is 3.99. The van der Waals surface area contributed by atoms with Gasteiger partial charge in [0.1, 0.15) is 0 Å². The van der Waals surface area contributed by atoms with E-state index in [-0.39, 0.29) is 26.2 Å². The summed E-state index contributed by atoms with van der Waals surface area (Å²) in [6, 6.07) is 0. The molecular formula is C32H68Zr. The van der Waals surface area contributed by atoms with Gasteiger partial charge < -0.3 is 27.7 Å². The monoisotopic (exact) mass is 542 g/mol. The van der Waals surface area contributed by atoms with Crippen molar-refractivity contribution in [2.24, 2.45) is 23.7 Å². The van der Waals surface area contributed by atoms with Crippen molar-refractivity contribution in [3.8, 4) is 0 Å². The molecule has 4 atom stereocenters. The predicted molar refractivity (Wildman–Crippen MR) is 155 cm³/mol. The van der Waals surface area contributed by atoms with Crippen LogP contribution in [0.3, 0.4) is 0 Å². The van der Waals surface area contributed by atoms with Gasteiger partial charge in [0.2, 0.25) is 0 Å². The van der Waals surface area contributed by atoms with Crippen molar-refractivity contribution in [3.63, 3.8) is 0 Å². The van der Waals surface area contributed by atoms with Crippen molar-refractivity contribution in [1.82, 2.24) is 0 Å². The summed E-state index contributed by atoms with van der Waals surface area (Å²) in [5.74, 6) is 2.81. The van der Waals surface area contributed by atoms with Crippen LogP contribution in [0, 0.1) is 51.4 Å². The minimum absolute atomic E-state index is 0. The molecule has 0 aromatic rings. The first-order chi connectivity index (χ1) is 15.2. The number of rotatable bonds is 16. The minimum atomic E-state index is 0. The molecule has 0 saturated carbocycles. The molecule has 0 N–H and O–H groups in total. The summed E-state index contributed by atoms with van der Waals surface area (Å²) in [7, 11) is 0. The molecule has 0 bridgehead atoms. The fourth-order valence-corrected chi connectivity index (χ4v) is 2.79. The first kappa shape index (κ1) is 43.9. The van der Waals surface area contributed by atoms with Crippen LogP contribution in [0.4, 0.5) is 0 Å². The van der Waals surface area contributed by atoms with E-state index in [0.29, 0.717) is 23.7 Å². The third kappa shape index (κ3) is 50.7. The molecule has 0 saturated heterocycles. The third-order valence-corrected chi connectivity index (χ3v) is 6.17. The van der Waals surface area contributed by atoms with Crippen LogP contribution in [0.2, 0.25) is 0 Å². The maximum absolute atomic E-state index is 3.99. The second-order valence-corrected chi connectivity index (χ2v) is 9.67. The number of unbranched alkanes of at least 4 members (excludes halogenated alkanes) is 4. The van der Waals surface area contributed by atoms with Crippen molar-refractivity contribution < 1.29 is 26.2 Å².